The third-order valence-corrected chi connectivity index (χ3v) is 13.8. The fourth-order valence-corrected chi connectivity index (χ4v) is 8.36. The van der Waals surface area contributed by atoms with E-state index >= 15 is 0 Å². The molecule has 3 nitrogen and oxygen atoms in total. The molecule has 3 rings (SSSR count). The van der Waals surface area contributed by atoms with Gasteiger partial charge in [0.05, 0.1) is 12.2 Å². The predicted octanol–water partition coefficient (Wildman–Crippen LogP) is 6.57. The first-order valence-corrected chi connectivity index (χ1v) is 18.0. The van der Waals surface area contributed by atoms with Gasteiger partial charge < -0.3 is 8.85 Å². The van der Waals surface area contributed by atoms with E-state index in [4.69, 9.17) is 8.85 Å². The summed E-state index contributed by atoms with van der Waals surface area (Å²) >= 11 is 0. The summed E-state index contributed by atoms with van der Waals surface area (Å²) in [5, 5.41) is 0.164. The van der Waals surface area contributed by atoms with Gasteiger partial charge in [-0.1, -0.05) is 34.6 Å². The van der Waals surface area contributed by atoms with Crippen molar-refractivity contribution in [1.29, 1.82) is 0 Å². The summed E-state index contributed by atoms with van der Waals surface area (Å²) in [6, 6.07) is 0. The number of allylic oxidation sites excluding steroid dienone is 1. The Labute approximate surface area is 181 Å². The number of fused-ring (bicyclic) bond motifs is 3. The molecule has 0 aromatic carbocycles. The van der Waals surface area contributed by atoms with Gasteiger partial charge in [-0.25, -0.2) is 0 Å². The Morgan fingerprint density at radius 2 is 1.69 bits per heavy atom. The summed E-state index contributed by atoms with van der Waals surface area (Å²) < 4.78 is 13.8. The van der Waals surface area contributed by atoms with Crippen molar-refractivity contribution < 1.29 is 13.6 Å². The van der Waals surface area contributed by atoms with Crippen LogP contribution in [-0.2, 0) is 13.6 Å². The van der Waals surface area contributed by atoms with Gasteiger partial charge in [-0.05, 0) is 86.4 Å². The molecule has 0 bridgehead atoms. The molecule has 0 amide bonds. The van der Waals surface area contributed by atoms with Crippen molar-refractivity contribution in [2.24, 2.45) is 23.2 Å². The molecule has 0 radical (unpaired) electrons. The van der Waals surface area contributed by atoms with E-state index in [1.54, 1.807) is 0 Å². The standard InChI is InChI=1S/C24H44O3Si2/c1-16-11-12-19-18(22(16)27-28(6,7)8)14-21(26-29(9,10)23(2,3)4)20-13-17(25)15-24(19,20)5/h13,16,18-19,21-22H,11-12,14-15H2,1-10H3/t16-,18+,19-,21-,22+,24+/m0/s1. The zero-order chi connectivity index (χ0) is 22.0. The number of rotatable bonds is 4. The molecule has 5 heteroatoms. The third-order valence-electron chi connectivity index (χ3n) is 8.33. The Kier molecular flexibility index (Phi) is 6.00. The molecule has 2 saturated carbocycles. The second-order valence-corrected chi connectivity index (χ2v) is 22.0. The van der Waals surface area contributed by atoms with Crippen LogP contribution in [0.25, 0.3) is 0 Å². The summed E-state index contributed by atoms with van der Waals surface area (Å²) in [5.74, 6) is 1.92. The number of carbonyl (C=O) groups excluding carboxylic acids is 1. The van der Waals surface area contributed by atoms with Crippen molar-refractivity contribution in [3.05, 3.63) is 11.6 Å². The lowest BCUT2D eigenvalue weighted by atomic mass is 9.53. The molecule has 3 aliphatic carbocycles. The Bertz CT molecular complexity index is 685. The van der Waals surface area contributed by atoms with Gasteiger partial charge in [0, 0.05) is 11.8 Å². The van der Waals surface area contributed by atoms with Gasteiger partial charge in [0.25, 0.3) is 0 Å². The smallest absolute Gasteiger partial charge is 0.192 e. The molecule has 2 fully saturated rings. The highest BCUT2D eigenvalue weighted by molar-refractivity contribution is 6.74. The molecule has 0 aliphatic heterocycles. The molecule has 0 aromatic heterocycles. The maximum Gasteiger partial charge on any atom is 0.192 e. The van der Waals surface area contributed by atoms with Crippen LogP contribution in [0.3, 0.4) is 0 Å². The fraction of sp³-hybridized carbons (Fsp3) is 0.875. The molecule has 166 valence electrons. The summed E-state index contributed by atoms with van der Waals surface area (Å²) in [6.07, 6.45) is 6.44. The van der Waals surface area contributed by atoms with Gasteiger partial charge in [0.2, 0.25) is 0 Å². The second kappa shape index (κ2) is 7.42. The summed E-state index contributed by atoms with van der Waals surface area (Å²) in [5.41, 5.74) is 1.25. The molecule has 0 spiro atoms. The Balaban J connectivity index is 1.99. The summed E-state index contributed by atoms with van der Waals surface area (Å²) in [7, 11) is -3.58. The van der Waals surface area contributed by atoms with Crippen LogP contribution in [0, 0.1) is 23.2 Å². The van der Waals surface area contributed by atoms with E-state index in [0.717, 1.165) is 6.42 Å². The molecular formula is C24H44O3Si2. The van der Waals surface area contributed by atoms with Crippen LogP contribution in [0.2, 0.25) is 37.8 Å². The molecule has 0 unspecified atom stereocenters. The number of carbonyl (C=O) groups is 1. The summed E-state index contributed by atoms with van der Waals surface area (Å²) in [4.78, 5) is 12.6. The van der Waals surface area contributed by atoms with Crippen molar-refractivity contribution >= 4 is 22.4 Å². The molecule has 29 heavy (non-hydrogen) atoms. The second-order valence-electron chi connectivity index (χ2n) is 12.8. The zero-order valence-electron chi connectivity index (χ0n) is 20.5. The SMILES string of the molecule is C[C@H]1CC[C@H]2[C@@H](C[C@H](O[Si](C)(C)C(C)(C)C)C3=CC(=O)C[C@@]32C)[C@@H]1O[Si](C)(C)C. The molecule has 0 N–H and O–H groups in total. The van der Waals surface area contributed by atoms with Gasteiger partial charge in [-0.2, -0.15) is 0 Å². The van der Waals surface area contributed by atoms with Gasteiger partial charge in [-0.15, -0.1) is 0 Å². The van der Waals surface area contributed by atoms with Gasteiger partial charge in [0.15, 0.2) is 22.4 Å². The van der Waals surface area contributed by atoms with Crippen molar-refractivity contribution in [2.45, 2.75) is 110 Å². The van der Waals surface area contributed by atoms with E-state index in [0.29, 0.717) is 36.1 Å². The van der Waals surface area contributed by atoms with E-state index in [1.165, 1.54) is 18.4 Å². The Morgan fingerprint density at radius 3 is 2.24 bits per heavy atom. The topological polar surface area (TPSA) is 35.5 Å². The van der Waals surface area contributed by atoms with Gasteiger partial charge in [0.1, 0.15) is 0 Å². The molecular weight excluding hydrogens is 392 g/mol. The van der Waals surface area contributed by atoms with Crippen molar-refractivity contribution in [1.82, 2.24) is 0 Å². The zero-order valence-corrected chi connectivity index (χ0v) is 22.5. The Morgan fingerprint density at radius 1 is 1.07 bits per heavy atom. The minimum absolute atomic E-state index is 0.0474. The lowest BCUT2D eigenvalue weighted by Crippen LogP contribution is -2.56. The van der Waals surface area contributed by atoms with E-state index in [9.17, 15) is 4.79 Å². The van der Waals surface area contributed by atoms with E-state index in [2.05, 4.69) is 67.4 Å². The highest BCUT2D eigenvalue weighted by Gasteiger charge is 2.58. The summed E-state index contributed by atoms with van der Waals surface area (Å²) in [6.45, 7) is 23.2. The van der Waals surface area contributed by atoms with E-state index in [1.807, 2.05) is 6.08 Å². The third kappa shape index (κ3) is 4.39. The van der Waals surface area contributed by atoms with Crippen LogP contribution in [0.5, 0.6) is 0 Å². The molecule has 0 heterocycles. The highest BCUT2D eigenvalue weighted by Crippen LogP contribution is 2.60. The predicted molar refractivity (Wildman–Crippen MR) is 126 cm³/mol. The van der Waals surface area contributed by atoms with Crippen LogP contribution in [0.1, 0.15) is 60.3 Å². The molecule has 6 atom stereocenters. The number of ketones is 1. The quantitative estimate of drug-likeness (QED) is 0.468. The number of hydrogen-bond donors (Lipinski definition) is 0. The van der Waals surface area contributed by atoms with Crippen LogP contribution in [-0.4, -0.2) is 34.6 Å². The van der Waals surface area contributed by atoms with Crippen molar-refractivity contribution in [3.8, 4) is 0 Å². The highest BCUT2D eigenvalue weighted by atomic mass is 28.4. The minimum Gasteiger partial charge on any atom is -0.414 e. The normalized spacial score (nSPS) is 38.5. The van der Waals surface area contributed by atoms with E-state index < -0.39 is 16.6 Å². The molecule has 3 aliphatic rings. The van der Waals surface area contributed by atoms with Gasteiger partial charge >= 0.3 is 0 Å². The first-order chi connectivity index (χ1) is 13.1. The lowest BCUT2D eigenvalue weighted by Gasteiger charge is -2.56. The average Bonchev–Trinajstić information content (AvgIpc) is 2.83. The largest absolute Gasteiger partial charge is 0.414 e. The molecule has 0 aromatic rings. The lowest BCUT2D eigenvalue weighted by molar-refractivity contribution is -0.118. The average molecular weight is 437 g/mol. The van der Waals surface area contributed by atoms with Crippen LogP contribution in [0.15, 0.2) is 11.6 Å². The first-order valence-electron chi connectivity index (χ1n) is 11.7. The molecule has 0 saturated heterocycles. The Hall–Kier alpha value is -0.236. The van der Waals surface area contributed by atoms with Crippen LogP contribution < -0.4 is 0 Å². The maximum absolute atomic E-state index is 12.6. The van der Waals surface area contributed by atoms with Gasteiger partial charge in [-0.3, -0.25) is 4.79 Å². The first kappa shape index (κ1) is 23.4. The monoisotopic (exact) mass is 436 g/mol. The van der Waals surface area contributed by atoms with Crippen LogP contribution in [0.4, 0.5) is 0 Å². The maximum atomic E-state index is 12.6. The van der Waals surface area contributed by atoms with Crippen molar-refractivity contribution in [2.75, 3.05) is 0 Å². The van der Waals surface area contributed by atoms with E-state index in [-0.39, 0.29) is 16.6 Å². The minimum atomic E-state index is -1.93. The fourth-order valence-electron chi connectivity index (χ4n) is 5.85. The number of hydrogen-bond acceptors (Lipinski definition) is 3. The van der Waals surface area contributed by atoms with Crippen molar-refractivity contribution in [3.63, 3.8) is 0 Å². The van der Waals surface area contributed by atoms with Crippen LogP contribution >= 0.6 is 0 Å².